The standard InChI is InChI=1S/C13H17NO2S/c1-16-13(15)12(10-5-3-2-4-6-10)14-11-7-8-17-9-11/h2-6,11-12,14H,7-9H2,1H3. The third kappa shape index (κ3) is 3.23. The Kier molecular flexibility index (Phi) is 4.45. The van der Waals surface area contributed by atoms with Crippen LogP contribution in [0.1, 0.15) is 18.0 Å². The van der Waals surface area contributed by atoms with Gasteiger partial charge < -0.3 is 4.74 Å². The summed E-state index contributed by atoms with van der Waals surface area (Å²) in [6.45, 7) is 0. The summed E-state index contributed by atoms with van der Waals surface area (Å²) >= 11 is 1.92. The highest BCUT2D eigenvalue weighted by Gasteiger charge is 2.26. The summed E-state index contributed by atoms with van der Waals surface area (Å²) in [6.07, 6.45) is 1.12. The second-order valence-corrected chi connectivity index (χ2v) is 5.24. The molecule has 2 atom stereocenters. The van der Waals surface area contributed by atoms with Gasteiger partial charge in [0.05, 0.1) is 7.11 Å². The number of nitrogens with one attached hydrogen (secondary N) is 1. The van der Waals surface area contributed by atoms with Gasteiger partial charge in [-0.05, 0) is 17.7 Å². The Morgan fingerprint density at radius 2 is 2.24 bits per heavy atom. The van der Waals surface area contributed by atoms with Gasteiger partial charge in [0.15, 0.2) is 0 Å². The molecule has 1 heterocycles. The zero-order valence-electron chi connectivity index (χ0n) is 9.89. The quantitative estimate of drug-likeness (QED) is 0.831. The van der Waals surface area contributed by atoms with Crippen molar-refractivity contribution >= 4 is 17.7 Å². The van der Waals surface area contributed by atoms with E-state index in [1.54, 1.807) is 0 Å². The Hall–Kier alpha value is -1.00. The van der Waals surface area contributed by atoms with Gasteiger partial charge in [0, 0.05) is 11.8 Å². The number of methoxy groups -OCH3 is 1. The van der Waals surface area contributed by atoms with Crippen LogP contribution in [0.3, 0.4) is 0 Å². The minimum atomic E-state index is -0.343. The Morgan fingerprint density at radius 3 is 2.82 bits per heavy atom. The lowest BCUT2D eigenvalue weighted by Crippen LogP contribution is -2.37. The van der Waals surface area contributed by atoms with Gasteiger partial charge >= 0.3 is 5.97 Å². The topological polar surface area (TPSA) is 38.3 Å². The molecule has 0 aromatic heterocycles. The van der Waals surface area contributed by atoms with Gasteiger partial charge in [0.25, 0.3) is 0 Å². The molecule has 4 heteroatoms. The molecule has 0 radical (unpaired) electrons. The Labute approximate surface area is 106 Å². The van der Waals surface area contributed by atoms with Gasteiger partial charge in [0.2, 0.25) is 0 Å². The molecular weight excluding hydrogens is 234 g/mol. The zero-order valence-corrected chi connectivity index (χ0v) is 10.7. The lowest BCUT2D eigenvalue weighted by Gasteiger charge is -2.20. The monoisotopic (exact) mass is 251 g/mol. The molecule has 2 unspecified atom stereocenters. The van der Waals surface area contributed by atoms with Crippen LogP contribution in [0.5, 0.6) is 0 Å². The fourth-order valence-corrected chi connectivity index (χ4v) is 3.13. The molecule has 1 fully saturated rings. The van der Waals surface area contributed by atoms with E-state index >= 15 is 0 Å². The first-order valence-corrected chi connectivity index (χ1v) is 6.93. The van der Waals surface area contributed by atoms with Crippen LogP contribution < -0.4 is 5.32 Å². The first-order valence-electron chi connectivity index (χ1n) is 5.78. The summed E-state index contributed by atoms with van der Waals surface area (Å²) in [4.78, 5) is 11.8. The minimum Gasteiger partial charge on any atom is -0.468 e. The smallest absolute Gasteiger partial charge is 0.327 e. The highest BCUT2D eigenvalue weighted by Crippen LogP contribution is 2.22. The van der Waals surface area contributed by atoms with Gasteiger partial charge in [-0.3, -0.25) is 5.32 Å². The summed E-state index contributed by atoms with van der Waals surface area (Å²) in [5.41, 5.74) is 0.969. The molecular formula is C13H17NO2S. The van der Waals surface area contributed by atoms with Crippen LogP contribution in [0.15, 0.2) is 30.3 Å². The number of carbonyl (C=O) groups excluding carboxylic acids is 1. The fraction of sp³-hybridized carbons (Fsp3) is 0.462. The van der Waals surface area contributed by atoms with Crippen LogP contribution in [-0.4, -0.2) is 30.6 Å². The predicted octanol–water partition coefficient (Wildman–Crippen LogP) is 2.00. The fourth-order valence-electron chi connectivity index (χ4n) is 1.97. The Balaban J connectivity index is 2.10. The minimum absolute atomic E-state index is 0.215. The number of hydrogen-bond acceptors (Lipinski definition) is 4. The van der Waals surface area contributed by atoms with E-state index < -0.39 is 0 Å². The first kappa shape index (κ1) is 12.5. The second-order valence-electron chi connectivity index (χ2n) is 4.09. The van der Waals surface area contributed by atoms with Crippen LogP contribution in [0.4, 0.5) is 0 Å². The van der Waals surface area contributed by atoms with Gasteiger partial charge in [-0.25, -0.2) is 4.79 Å². The van der Waals surface area contributed by atoms with Crippen molar-refractivity contribution in [1.29, 1.82) is 0 Å². The number of benzene rings is 1. The number of thioether (sulfide) groups is 1. The molecule has 1 aromatic carbocycles. The van der Waals surface area contributed by atoms with Gasteiger partial charge in [0.1, 0.15) is 6.04 Å². The van der Waals surface area contributed by atoms with Crippen LogP contribution in [0, 0.1) is 0 Å². The highest BCUT2D eigenvalue weighted by atomic mass is 32.2. The number of esters is 1. The number of ether oxygens (including phenoxy) is 1. The maximum atomic E-state index is 11.8. The van der Waals surface area contributed by atoms with Crippen LogP contribution >= 0.6 is 11.8 Å². The Morgan fingerprint density at radius 1 is 1.47 bits per heavy atom. The largest absolute Gasteiger partial charge is 0.468 e. The number of carbonyl (C=O) groups is 1. The molecule has 0 spiro atoms. The number of hydrogen-bond donors (Lipinski definition) is 1. The molecule has 0 amide bonds. The molecule has 17 heavy (non-hydrogen) atoms. The van der Waals surface area contributed by atoms with E-state index in [1.807, 2.05) is 42.1 Å². The van der Waals surface area contributed by atoms with Crippen molar-refractivity contribution in [3.8, 4) is 0 Å². The summed E-state index contributed by atoms with van der Waals surface area (Å²) < 4.78 is 4.87. The van der Waals surface area contributed by atoms with E-state index in [-0.39, 0.29) is 12.0 Å². The van der Waals surface area contributed by atoms with Crippen molar-refractivity contribution in [3.05, 3.63) is 35.9 Å². The molecule has 1 saturated heterocycles. The van der Waals surface area contributed by atoms with Gasteiger partial charge in [-0.2, -0.15) is 11.8 Å². The molecule has 92 valence electrons. The van der Waals surface area contributed by atoms with Crippen molar-refractivity contribution in [2.24, 2.45) is 0 Å². The van der Waals surface area contributed by atoms with Crippen molar-refractivity contribution in [2.75, 3.05) is 18.6 Å². The lowest BCUT2D eigenvalue weighted by molar-refractivity contribution is -0.143. The normalized spacial score (nSPS) is 21.1. The second kappa shape index (κ2) is 6.07. The zero-order chi connectivity index (χ0) is 12.1. The van der Waals surface area contributed by atoms with Crippen LogP contribution in [0.25, 0.3) is 0 Å². The van der Waals surface area contributed by atoms with Gasteiger partial charge in [-0.15, -0.1) is 0 Å². The van der Waals surface area contributed by atoms with Crippen LogP contribution in [-0.2, 0) is 9.53 Å². The average molecular weight is 251 g/mol. The third-order valence-electron chi connectivity index (χ3n) is 2.90. The van der Waals surface area contributed by atoms with E-state index in [0.29, 0.717) is 6.04 Å². The summed E-state index contributed by atoms with van der Waals surface area (Å²) in [5.74, 6) is 2.02. The summed E-state index contributed by atoms with van der Waals surface area (Å²) in [6, 6.07) is 9.80. The average Bonchev–Trinajstić information content (AvgIpc) is 2.89. The van der Waals surface area contributed by atoms with Crippen molar-refractivity contribution in [3.63, 3.8) is 0 Å². The summed E-state index contributed by atoms with van der Waals surface area (Å²) in [5, 5.41) is 3.39. The molecule has 3 nitrogen and oxygen atoms in total. The maximum absolute atomic E-state index is 11.8. The van der Waals surface area contributed by atoms with E-state index in [0.717, 1.165) is 17.7 Å². The predicted molar refractivity (Wildman–Crippen MR) is 70.1 cm³/mol. The van der Waals surface area contributed by atoms with E-state index in [9.17, 15) is 4.79 Å². The molecule has 0 saturated carbocycles. The van der Waals surface area contributed by atoms with E-state index in [4.69, 9.17) is 4.74 Å². The molecule has 1 N–H and O–H groups in total. The van der Waals surface area contributed by atoms with Crippen molar-refractivity contribution in [2.45, 2.75) is 18.5 Å². The maximum Gasteiger partial charge on any atom is 0.327 e. The SMILES string of the molecule is COC(=O)C(NC1CCSC1)c1ccccc1. The van der Waals surface area contributed by atoms with Gasteiger partial charge in [-0.1, -0.05) is 30.3 Å². The first-order chi connectivity index (χ1) is 8.31. The lowest BCUT2D eigenvalue weighted by atomic mass is 10.1. The van der Waals surface area contributed by atoms with Crippen molar-refractivity contribution in [1.82, 2.24) is 5.32 Å². The van der Waals surface area contributed by atoms with E-state index in [1.165, 1.54) is 12.9 Å². The Bertz CT molecular complexity index is 363. The highest BCUT2D eigenvalue weighted by molar-refractivity contribution is 7.99. The van der Waals surface area contributed by atoms with E-state index in [2.05, 4.69) is 5.32 Å². The third-order valence-corrected chi connectivity index (χ3v) is 4.06. The molecule has 1 aliphatic rings. The molecule has 2 rings (SSSR count). The molecule has 0 bridgehead atoms. The molecule has 1 aliphatic heterocycles. The number of rotatable bonds is 4. The molecule has 0 aliphatic carbocycles. The van der Waals surface area contributed by atoms with Crippen LogP contribution in [0.2, 0.25) is 0 Å². The summed E-state index contributed by atoms with van der Waals surface area (Å²) in [7, 11) is 1.43. The molecule has 1 aromatic rings. The van der Waals surface area contributed by atoms with Crippen molar-refractivity contribution < 1.29 is 9.53 Å².